The lowest BCUT2D eigenvalue weighted by Gasteiger charge is -2.12. The van der Waals surface area contributed by atoms with E-state index in [4.69, 9.17) is 0 Å². The molecule has 1 aromatic heterocycles. The van der Waals surface area contributed by atoms with E-state index in [0.717, 1.165) is 11.1 Å². The van der Waals surface area contributed by atoms with Gasteiger partial charge >= 0.3 is 0 Å². The van der Waals surface area contributed by atoms with Crippen molar-refractivity contribution in [2.45, 2.75) is 13.0 Å². The molecule has 0 aliphatic carbocycles. The lowest BCUT2D eigenvalue weighted by molar-refractivity contribution is -0.384. The van der Waals surface area contributed by atoms with E-state index >= 15 is 0 Å². The van der Waals surface area contributed by atoms with E-state index in [-0.39, 0.29) is 12.2 Å². The van der Waals surface area contributed by atoms with Crippen LogP contribution in [0.2, 0.25) is 0 Å². The molecule has 1 aromatic carbocycles. The Labute approximate surface area is 114 Å². The van der Waals surface area contributed by atoms with E-state index in [2.05, 4.69) is 5.32 Å². The molecule has 19 heavy (non-hydrogen) atoms. The van der Waals surface area contributed by atoms with Gasteiger partial charge in [0.2, 0.25) is 0 Å². The number of aliphatic hydroxyl groups is 1. The van der Waals surface area contributed by atoms with E-state index in [1.165, 1.54) is 17.4 Å². The van der Waals surface area contributed by atoms with Gasteiger partial charge in [0.1, 0.15) is 5.69 Å². The number of aryl methyl sites for hydroxylation is 1. The van der Waals surface area contributed by atoms with Gasteiger partial charge in [-0.1, -0.05) is 6.07 Å². The van der Waals surface area contributed by atoms with Crippen LogP contribution in [-0.4, -0.2) is 16.6 Å². The number of nitro benzene ring substituents is 1. The molecule has 0 fully saturated rings. The second kappa shape index (κ2) is 5.81. The number of rotatable bonds is 5. The third kappa shape index (κ3) is 3.30. The van der Waals surface area contributed by atoms with Crippen LogP contribution in [0.4, 0.5) is 11.4 Å². The van der Waals surface area contributed by atoms with Crippen LogP contribution in [-0.2, 0) is 0 Å². The molecule has 2 N–H and O–H groups in total. The van der Waals surface area contributed by atoms with Crippen LogP contribution in [0.15, 0.2) is 35.0 Å². The average Bonchev–Trinajstić information content (AvgIpc) is 2.90. The van der Waals surface area contributed by atoms with Crippen LogP contribution in [0.1, 0.15) is 17.2 Å². The molecule has 5 nitrogen and oxygen atoms in total. The van der Waals surface area contributed by atoms with E-state index < -0.39 is 11.0 Å². The summed E-state index contributed by atoms with van der Waals surface area (Å²) in [5.41, 5.74) is 2.09. The highest BCUT2D eigenvalue weighted by Crippen LogP contribution is 2.26. The molecule has 1 atom stereocenters. The van der Waals surface area contributed by atoms with Crippen molar-refractivity contribution in [3.8, 4) is 0 Å². The highest BCUT2D eigenvalue weighted by molar-refractivity contribution is 7.07. The summed E-state index contributed by atoms with van der Waals surface area (Å²) in [7, 11) is 0. The van der Waals surface area contributed by atoms with Crippen LogP contribution in [0.5, 0.6) is 0 Å². The summed E-state index contributed by atoms with van der Waals surface area (Å²) >= 11 is 1.50. The van der Waals surface area contributed by atoms with Gasteiger partial charge in [0, 0.05) is 12.6 Å². The van der Waals surface area contributed by atoms with E-state index in [9.17, 15) is 15.2 Å². The minimum atomic E-state index is -0.674. The Bertz CT molecular complexity index is 569. The standard InChI is InChI=1S/C13H14N2O3S/c1-9-2-3-11(12(6-9)15(17)18)14-7-13(16)10-4-5-19-8-10/h2-6,8,13-14,16H,7H2,1H3. The fraction of sp³-hybridized carbons (Fsp3) is 0.231. The zero-order valence-electron chi connectivity index (χ0n) is 10.4. The van der Waals surface area contributed by atoms with Crippen LogP contribution in [0.25, 0.3) is 0 Å². The Hall–Kier alpha value is -1.92. The van der Waals surface area contributed by atoms with Crippen molar-refractivity contribution in [2.24, 2.45) is 0 Å². The van der Waals surface area contributed by atoms with Gasteiger partial charge < -0.3 is 10.4 Å². The number of hydrogen-bond donors (Lipinski definition) is 2. The van der Waals surface area contributed by atoms with Gasteiger partial charge in [-0.05, 0) is 40.9 Å². The monoisotopic (exact) mass is 278 g/mol. The van der Waals surface area contributed by atoms with Crippen LogP contribution in [0, 0.1) is 17.0 Å². The average molecular weight is 278 g/mol. The maximum atomic E-state index is 11.0. The van der Waals surface area contributed by atoms with Crippen molar-refractivity contribution in [3.05, 3.63) is 56.3 Å². The molecule has 0 radical (unpaired) electrons. The maximum absolute atomic E-state index is 11.0. The second-order valence-corrected chi connectivity index (χ2v) is 5.01. The number of benzene rings is 1. The number of anilines is 1. The van der Waals surface area contributed by atoms with Crippen molar-refractivity contribution in [1.29, 1.82) is 0 Å². The molecule has 100 valence electrons. The molecule has 2 aromatic rings. The number of thiophene rings is 1. The summed E-state index contributed by atoms with van der Waals surface area (Å²) in [6.07, 6.45) is -0.674. The van der Waals surface area contributed by atoms with Crippen molar-refractivity contribution in [3.63, 3.8) is 0 Å². The smallest absolute Gasteiger partial charge is 0.292 e. The van der Waals surface area contributed by atoms with E-state index in [0.29, 0.717) is 5.69 Å². The van der Waals surface area contributed by atoms with Gasteiger partial charge in [-0.3, -0.25) is 10.1 Å². The lowest BCUT2D eigenvalue weighted by Crippen LogP contribution is -2.12. The molecule has 1 unspecified atom stereocenters. The predicted molar refractivity (Wildman–Crippen MR) is 75.6 cm³/mol. The van der Waals surface area contributed by atoms with Crippen molar-refractivity contribution >= 4 is 22.7 Å². The number of nitrogens with zero attached hydrogens (tertiary/aromatic N) is 1. The van der Waals surface area contributed by atoms with E-state index in [1.54, 1.807) is 19.1 Å². The Morgan fingerprint density at radius 1 is 1.47 bits per heavy atom. The molecular weight excluding hydrogens is 264 g/mol. The fourth-order valence-corrected chi connectivity index (χ4v) is 2.44. The molecule has 0 bridgehead atoms. The quantitative estimate of drug-likeness (QED) is 0.651. The molecule has 1 heterocycles. The van der Waals surface area contributed by atoms with Crippen LogP contribution in [0.3, 0.4) is 0 Å². The largest absolute Gasteiger partial charge is 0.387 e. The van der Waals surface area contributed by atoms with Crippen molar-refractivity contribution in [2.75, 3.05) is 11.9 Å². The highest BCUT2D eigenvalue weighted by atomic mass is 32.1. The molecule has 0 amide bonds. The van der Waals surface area contributed by atoms with Gasteiger partial charge in [0.05, 0.1) is 11.0 Å². The summed E-state index contributed by atoms with van der Waals surface area (Å²) in [4.78, 5) is 10.5. The normalized spacial score (nSPS) is 12.1. The molecule has 0 saturated carbocycles. The van der Waals surface area contributed by atoms with Gasteiger partial charge in [0.15, 0.2) is 0 Å². The molecule has 0 spiro atoms. The van der Waals surface area contributed by atoms with Crippen LogP contribution >= 0.6 is 11.3 Å². The lowest BCUT2D eigenvalue weighted by atomic mass is 10.1. The van der Waals surface area contributed by atoms with Gasteiger partial charge in [-0.15, -0.1) is 0 Å². The highest BCUT2D eigenvalue weighted by Gasteiger charge is 2.15. The molecule has 2 rings (SSSR count). The minimum Gasteiger partial charge on any atom is -0.387 e. The van der Waals surface area contributed by atoms with Crippen LogP contribution < -0.4 is 5.32 Å². The Balaban J connectivity index is 2.09. The number of nitro groups is 1. The molecule has 0 saturated heterocycles. The topological polar surface area (TPSA) is 75.4 Å². The summed E-state index contributed by atoms with van der Waals surface area (Å²) in [5.74, 6) is 0. The zero-order valence-corrected chi connectivity index (χ0v) is 11.2. The zero-order chi connectivity index (χ0) is 13.8. The predicted octanol–water partition coefficient (Wildman–Crippen LogP) is 3.11. The first-order valence-electron chi connectivity index (χ1n) is 5.77. The summed E-state index contributed by atoms with van der Waals surface area (Å²) in [6.45, 7) is 2.04. The van der Waals surface area contributed by atoms with Crippen molar-refractivity contribution < 1.29 is 10.0 Å². The second-order valence-electron chi connectivity index (χ2n) is 4.23. The third-order valence-electron chi connectivity index (χ3n) is 2.76. The minimum absolute atomic E-state index is 0.0255. The first-order chi connectivity index (χ1) is 9.08. The SMILES string of the molecule is Cc1ccc(NCC(O)c2ccsc2)c([N+](=O)[O-])c1. The Kier molecular flexibility index (Phi) is 4.13. The molecular formula is C13H14N2O3S. The maximum Gasteiger partial charge on any atom is 0.292 e. The van der Waals surface area contributed by atoms with Gasteiger partial charge in [-0.2, -0.15) is 11.3 Å². The molecule has 0 aliphatic heterocycles. The summed E-state index contributed by atoms with van der Waals surface area (Å²) in [5, 5.41) is 27.5. The number of nitrogens with one attached hydrogen (secondary N) is 1. The Morgan fingerprint density at radius 2 is 2.26 bits per heavy atom. The van der Waals surface area contributed by atoms with E-state index in [1.807, 2.05) is 16.8 Å². The van der Waals surface area contributed by atoms with Gasteiger partial charge in [0.25, 0.3) is 5.69 Å². The van der Waals surface area contributed by atoms with Gasteiger partial charge in [-0.25, -0.2) is 0 Å². The molecule has 0 aliphatic rings. The Morgan fingerprint density at radius 3 is 2.89 bits per heavy atom. The summed E-state index contributed by atoms with van der Waals surface area (Å²) < 4.78 is 0. The first kappa shape index (κ1) is 13.5. The number of aliphatic hydroxyl groups excluding tert-OH is 1. The fourth-order valence-electron chi connectivity index (χ4n) is 1.73. The van der Waals surface area contributed by atoms with Crippen molar-refractivity contribution in [1.82, 2.24) is 0 Å². The molecule has 6 heteroatoms. The number of hydrogen-bond acceptors (Lipinski definition) is 5. The third-order valence-corrected chi connectivity index (χ3v) is 3.47. The first-order valence-corrected chi connectivity index (χ1v) is 6.71. The summed E-state index contributed by atoms with van der Waals surface area (Å²) in [6, 6.07) is 6.81.